The minimum atomic E-state index is -0.450. The molecule has 0 unspecified atom stereocenters. The number of aromatic nitrogens is 1. The lowest BCUT2D eigenvalue weighted by Crippen LogP contribution is -2.42. The number of likely N-dealkylation sites (tertiary alicyclic amines) is 1. The van der Waals surface area contributed by atoms with E-state index >= 15 is 0 Å². The average molecular weight is 368 g/mol. The second-order valence-electron chi connectivity index (χ2n) is 7.99. The number of ether oxygens (including phenoxy) is 2. The van der Waals surface area contributed by atoms with E-state index in [0.717, 1.165) is 25.0 Å². The van der Waals surface area contributed by atoms with Crippen molar-refractivity contribution in [1.82, 2.24) is 10.1 Å². The van der Waals surface area contributed by atoms with Crippen molar-refractivity contribution in [3.63, 3.8) is 0 Å². The van der Waals surface area contributed by atoms with Crippen molar-refractivity contribution >= 4 is 5.91 Å². The van der Waals surface area contributed by atoms with Crippen LogP contribution in [0.2, 0.25) is 0 Å². The van der Waals surface area contributed by atoms with Gasteiger partial charge in [0, 0.05) is 25.0 Å². The molecule has 0 radical (unpaired) electrons. The fraction of sp³-hybridized carbons (Fsp3) is 0.524. The van der Waals surface area contributed by atoms with Gasteiger partial charge in [0.05, 0.1) is 19.7 Å². The van der Waals surface area contributed by atoms with Crippen molar-refractivity contribution < 1.29 is 18.8 Å². The maximum atomic E-state index is 12.9. The van der Waals surface area contributed by atoms with Gasteiger partial charge in [-0.1, -0.05) is 35.5 Å². The molecule has 2 aromatic rings. The SMILES string of the molecule is CO[C@@H]1CN(C(=O)c2cc(C3CC3)on2)C[C@]12C[C@@H](c1ccccc1)CO2. The second kappa shape index (κ2) is 6.46. The molecule has 1 amide bonds. The maximum Gasteiger partial charge on any atom is 0.276 e. The first-order valence-electron chi connectivity index (χ1n) is 9.66. The molecule has 5 rings (SSSR count). The van der Waals surface area contributed by atoms with E-state index in [0.29, 0.717) is 37.2 Å². The highest BCUT2D eigenvalue weighted by atomic mass is 16.6. The number of rotatable bonds is 4. The van der Waals surface area contributed by atoms with Gasteiger partial charge in [-0.2, -0.15) is 0 Å². The second-order valence-corrected chi connectivity index (χ2v) is 7.99. The van der Waals surface area contributed by atoms with Gasteiger partial charge in [-0.3, -0.25) is 4.79 Å². The van der Waals surface area contributed by atoms with E-state index in [4.69, 9.17) is 14.0 Å². The monoisotopic (exact) mass is 368 g/mol. The molecule has 1 saturated carbocycles. The van der Waals surface area contributed by atoms with Crippen LogP contribution >= 0.6 is 0 Å². The molecule has 3 atom stereocenters. The standard InChI is InChI=1S/C21H24N2O4/c1-25-19-11-23(20(24)17-9-18(27-22-17)15-7-8-15)13-21(19)10-16(12-26-21)14-5-3-2-4-6-14/h2-6,9,15-16,19H,7-8,10-13H2,1H3/t16-,19-,21-/m1/s1. The zero-order chi connectivity index (χ0) is 18.4. The van der Waals surface area contributed by atoms with Crippen molar-refractivity contribution in [2.24, 2.45) is 0 Å². The lowest BCUT2D eigenvalue weighted by molar-refractivity contribution is -0.0755. The molecule has 1 spiro atoms. The van der Waals surface area contributed by atoms with Gasteiger partial charge in [-0.05, 0) is 24.8 Å². The molecular formula is C21H24N2O4. The fourth-order valence-corrected chi connectivity index (χ4v) is 4.49. The number of hydrogen-bond donors (Lipinski definition) is 0. The zero-order valence-electron chi connectivity index (χ0n) is 15.5. The van der Waals surface area contributed by atoms with Gasteiger partial charge in [0.25, 0.3) is 5.91 Å². The number of amides is 1. The Morgan fingerprint density at radius 3 is 2.81 bits per heavy atom. The van der Waals surface area contributed by atoms with Crippen LogP contribution in [0, 0.1) is 0 Å². The van der Waals surface area contributed by atoms with E-state index < -0.39 is 5.60 Å². The summed E-state index contributed by atoms with van der Waals surface area (Å²) in [5.74, 6) is 1.50. The Hall–Kier alpha value is -2.18. The van der Waals surface area contributed by atoms with Crippen LogP contribution in [-0.2, 0) is 9.47 Å². The number of carbonyl (C=O) groups is 1. The lowest BCUT2D eigenvalue weighted by Gasteiger charge is -2.28. The molecule has 27 heavy (non-hydrogen) atoms. The van der Waals surface area contributed by atoms with Gasteiger partial charge < -0.3 is 18.9 Å². The molecule has 1 aromatic heterocycles. The van der Waals surface area contributed by atoms with Gasteiger partial charge in [0.15, 0.2) is 5.69 Å². The lowest BCUT2D eigenvalue weighted by atomic mass is 9.87. The predicted molar refractivity (Wildman–Crippen MR) is 97.7 cm³/mol. The maximum absolute atomic E-state index is 12.9. The van der Waals surface area contributed by atoms with Gasteiger partial charge in [0.2, 0.25) is 0 Å². The van der Waals surface area contributed by atoms with Crippen molar-refractivity contribution in [1.29, 1.82) is 0 Å². The molecule has 2 saturated heterocycles. The van der Waals surface area contributed by atoms with Crippen LogP contribution in [0.3, 0.4) is 0 Å². The van der Waals surface area contributed by atoms with E-state index in [1.807, 2.05) is 6.07 Å². The van der Waals surface area contributed by atoms with Crippen LogP contribution in [0.25, 0.3) is 0 Å². The van der Waals surface area contributed by atoms with E-state index in [2.05, 4.69) is 29.4 Å². The molecule has 3 aliphatic rings. The van der Waals surface area contributed by atoms with Crippen molar-refractivity contribution in [3.05, 3.63) is 53.4 Å². The molecule has 2 aliphatic heterocycles. The molecule has 6 heteroatoms. The van der Waals surface area contributed by atoms with Crippen LogP contribution in [-0.4, -0.2) is 54.5 Å². The first-order valence-corrected chi connectivity index (χ1v) is 9.66. The third kappa shape index (κ3) is 2.97. The van der Waals surface area contributed by atoms with E-state index in [-0.39, 0.29) is 12.0 Å². The molecule has 3 fully saturated rings. The highest BCUT2D eigenvalue weighted by Crippen LogP contribution is 2.44. The number of hydrogen-bond acceptors (Lipinski definition) is 5. The fourth-order valence-electron chi connectivity index (χ4n) is 4.49. The summed E-state index contributed by atoms with van der Waals surface area (Å²) >= 11 is 0. The summed E-state index contributed by atoms with van der Waals surface area (Å²) in [7, 11) is 1.70. The van der Waals surface area contributed by atoms with Crippen molar-refractivity contribution in [2.75, 3.05) is 26.8 Å². The van der Waals surface area contributed by atoms with Crippen LogP contribution in [0.15, 0.2) is 40.9 Å². The number of carbonyl (C=O) groups excluding carboxylic acids is 1. The van der Waals surface area contributed by atoms with E-state index in [9.17, 15) is 4.79 Å². The summed E-state index contributed by atoms with van der Waals surface area (Å²) in [6, 6.07) is 12.2. The third-order valence-electron chi connectivity index (χ3n) is 6.17. The largest absolute Gasteiger partial charge is 0.377 e. The Balaban J connectivity index is 1.33. The summed E-state index contributed by atoms with van der Waals surface area (Å²) in [6.07, 6.45) is 2.96. The Kier molecular flexibility index (Phi) is 4.06. The first-order chi connectivity index (χ1) is 13.2. The Bertz CT molecular complexity index is 832. The Morgan fingerprint density at radius 1 is 1.26 bits per heavy atom. The number of methoxy groups -OCH3 is 1. The first kappa shape index (κ1) is 17.0. The summed E-state index contributed by atoms with van der Waals surface area (Å²) in [4.78, 5) is 14.8. The van der Waals surface area contributed by atoms with Crippen LogP contribution in [0.5, 0.6) is 0 Å². The van der Waals surface area contributed by atoms with Crippen molar-refractivity contribution in [2.45, 2.75) is 42.8 Å². The zero-order valence-corrected chi connectivity index (χ0v) is 15.5. The molecular weight excluding hydrogens is 344 g/mol. The molecule has 0 N–H and O–H groups in total. The molecule has 3 heterocycles. The quantitative estimate of drug-likeness (QED) is 0.830. The number of benzene rings is 1. The van der Waals surface area contributed by atoms with Gasteiger partial charge >= 0.3 is 0 Å². The minimum absolute atomic E-state index is 0.101. The highest BCUT2D eigenvalue weighted by molar-refractivity contribution is 5.92. The molecule has 6 nitrogen and oxygen atoms in total. The Morgan fingerprint density at radius 2 is 2.07 bits per heavy atom. The van der Waals surface area contributed by atoms with Gasteiger partial charge in [-0.15, -0.1) is 0 Å². The average Bonchev–Trinajstić information content (AvgIpc) is 3.15. The molecule has 142 valence electrons. The topological polar surface area (TPSA) is 64.8 Å². The smallest absolute Gasteiger partial charge is 0.276 e. The minimum Gasteiger partial charge on any atom is -0.377 e. The molecule has 0 bridgehead atoms. The summed E-state index contributed by atoms with van der Waals surface area (Å²) < 4.78 is 17.4. The van der Waals surface area contributed by atoms with E-state index in [1.165, 1.54) is 5.56 Å². The highest BCUT2D eigenvalue weighted by Gasteiger charge is 2.54. The predicted octanol–water partition coefficient (Wildman–Crippen LogP) is 2.97. The normalized spacial score (nSPS) is 30.3. The van der Waals surface area contributed by atoms with Gasteiger partial charge in [0.1, 0.15) is 17.5 Å². The molecule has 1 aromatic carbocycles. The van der Waals surface area contributed by atoms with Crippen LogP contribution in [0.4, 0.5) is 0 Å². The molecule has 1 aliphatic carbocycles. The summed E-state index contributed by atoms with van der Waals surface area (Å²) in [5, 5.41) is 4.00. The third-order valence-corrected chi connectivity index (χ3v) is 6.17. The van der Waals surface area contributed by atoms with Crippen LogP contribution < -0.4 is 0 Å². The van der Waals surface area contributed by atoms with Gasteiger partial charge in [-0.25, -0.2) is 0 Å². The summed E-state index contributed by atoms with van der Waals surface area (Å²) in [6.45, 7) is 1.70. The number of nitrogens with zero attached hydrogens (tertiary/aromatic N) is 2. The van der Waals surface area contributed by atoms with Crippen molar-refractivity contribution in [3.8, 4) is 0 Å². The summed E-state index contributed by atoms with van der Waals surface area (Å²) in [5.41, 5.74) is 1.22. The Labute approximate surface area is 158 Å². The van der Waals surface area contributed by atoms with Crippen LogP contribution in [0.1, 0.15) is 52.9 Å². The van der Waals surface area contributed by atoms with E-state index in [1.54, 1.807) is 18.1 Å².